The van der Waals surface area contributed by atoms with Gasteiger partial charge < -0.3 is 5.11 Å². The third-order valence-electron chi connectivity index (χ3n) is 3.12. The highest BCUT2D eigenvalue weighted by Gasteiger charge is 2.17. The standard InChI is InChI=1S/C12H6N2O6/c15-8(16)3-14-11(19)6-1-4-5(2-7(6)12(14)20)10(18)13-9(4)17/h1-2H,3H2,(H,15,16)(H,13,17,18). The number of aliphatic carboxylic acids is 1. The minimum absolute atomic E-state index is 0.00655. The van der Waals surface area contributed by atoms with Crippen molar-refractivity contribution < 1.29 is 9.90 Å². The zero-order valence-corrected chi connectivity index (χ0v) is 9.80. The van der Waals surface area contributed by atoms with Crippen molar-refractivity contribution in [2.75, 3.05) is 0 Å². The molecule has 0 bridgehead atoms. The molecule has 100 valence electrons. The van der Waals surface area contributed by atoms with Crippen molar-refractivity contribution in [2.24, 2.45) is 0 Å². The van der Waals surface area contributed by atoms with Gasteiger partial charge in [0.2, 0.25) is 0 Å². The van der Waals surface area contributed by atoms with Gasteiger partial charge in [-0.3, -0.25) is 33.5 Å². The largest absolute Gasteiger partial charge is 0.480 e. The fraction of sp³-hybridized carbons (Fsp3) is 0.0833. The van der Waals surface area contributed by atoms with Gasteiger partial charge in [0.05, 0.1) is 21.5 Å². The Morgan fingerprint density at radius 1 is 0.950 bits per heavy atom. The Balaban J connectivity index is 2.53. The van der Waals surface area contributed by atoms with Crippen LogP contribution < -0.4 is 22.2 Å². The maximum absolute atomic E-state index is 12.0. The number of H-pyrrole nitrogens is 1. The Bertz CT molecular complexity index is 1000. The highest BCUT2D eigenvalue weighted by molar-refractivity contribution is 5.97. The van der Waals surface area contributed by atoms with E-state index in [9.17, 15) is 24.0 Å². The lowest BCUT2D eigenvalue weighted by Crippen LogP contribution is -2.28. The highest BCUT2D eigenvalue weighted by atomic mass is 16.4. The van der Waals surface area contributed by atoms with E-state index in [-0.39, 0.29) is 21.5 Å². The topological polar surface area (TPSA) is 126 Å². The lowest BCUT2D eigenvalue weighted by atomic mass is 10.1. The molecule has 0 radical (unpaired) electrons. The fourth-order valence-electron chi connectivity index (χ4n) is 2.23. The molecule has 0 saturated carbocycles. The van der Waals surface area contributed by atoms with Gasteiger partial charge in [-0.05, 0) is 12.1 Å². The van der Waals surface area contributed by atoms with Crippen molar-refractivity contribution in [3.63, 3.8) is 0 Å². The van der Waals surface area contributed by atoms with E-state index >= 15 is 0 Å². The van der Waals surface area contributed by atoms with E-state index in [4.69, 9.17) is 5.11 Å². The molecule has 0 spiro atoms. The molecule has 0 aliphatic heterocycles. The fourth-order valence-corrected chi connectivity index (χ4v) is 2.23. The molecule has 0 amide bonds. The van der Waals surface area contributed by atoms with Gasteiger partial charge in [0, 0.05) is 0 Å². The summed E-state index contributed by atoms with van der Waals surface area (Å²) in [6.45, 7) is -0.767. The molecule has 3 rings (SSSR count). The molecule has 20 heavy (non-hydrogen) atoms. The molecule has 3 aromatic rings. The molecule has 0 aliphatic rings. The summed E-state index contributed by atoms with van der Waals surface area (Å²) in [7, 11) is 0. The Morgan fingerprint density at radius 3 is 1.80 bits per heavy atom. The molecule has 0 saturated heterocycles. The molecule has 8 heteroatoms. The van der Waals surface area contributed by atoms with Crippen molar-refractivity contribution >= 4 is 27.5 Å². The van der Waals surface area contributed by atoms with Crippen LogP contribution in [0.25, 0.3) is 21.5 Å². The average Bonchev–Trinajstić information content (AvgIpc) is 2.78. The number of nitrogens with zero attached hydrogens (tertiary/aromatic N) is 1. The van der Waals surface area contributed by atoms with Gasteiger partial charge in [0.25, 0.3) is 22.2 Å². The van der Waals surface area contributed by atoms with E-state index < -0.39 is 34.8 Å². The van der Waals surface area contributed by atoms with Crippen LogP contribution in [0.5, 0.6) is 0 Å². The van der Waals surface area contributed by atoms with Crippen LogP contribution in [0, 0.1) is 0 Å². The van der Waals surface area contributed by atoms with Crippen LogP contribution in [0.15, 0.2) is 31.3 Å². The summed E-state index contributed by atoms with van der Waals surface area (Å²) in [6.07, 6.45) is 0. The second kappa shape index (κ2) is 3.73. The van der Waals surface area contributed by atoms with Gasteiger partial charge >= 0.3 is 5.97 Å². The first-order valence-corrected chi connectivity index (χ1v) is 5.52. The van der Waals surface area contributed by atoms with Gasteiger partial charge in [-0.2, -0.15) is 0 Å². The maximum atomic E-state index is 12.0. The monoisotopic (exact) mass is 274 g/mol. The molecule has 0 atom stereocenters. The third-order valence-corrected chi connectivity index (χ3v) is 3.12. The molecule has 2 N–H and O–H groups in total. The number of hydrogen-bond donors (Lipinski definition) is 2. The number of rotatable bonds is 2. The first-order chi connectivity index (χ1) is 9.40. The number of nitrogens with one attached hydrogen (secondary N) is 1. The Hall–Kier alpha value is -3.03. The van der Waals surface area contributed by atoms with Crippen molar-refractivity contribution in [3.05, 3.63) is 53.5 Å². The number of carbonyl (C=O) groups is 1. The summed E-state index contributed by atoms with van der Waals surface area (Å²) in [5.41, 5.74) is -2.88. The van der Waals surface area contributed by atoms with E-state index in [1.807, 2.05) is 4.98 Å². The predicted octanol–water partition coefficient (Wildman–Crippen LogP) is -1.48. The number of fused-ring (bicyclic) bond motifs is 2. The van der Waals surface area contributed by atoms with Crippen LogP contribution in [-0.4, -0.2) is 20.6 Å². The summed E-state index contributed by atoms with van der Waals surface area (Å²) >= 11 is 0. The molecule has 2 heterocycles. The summed E-state index contributed by atoms with van der Waals surface area (Å²) in [6, 6.07) is 2.29. The summed E-state index contributed by atoms with van der Waals surface area (Å²) in [4.78, 5) is 59.6. The van der Waals surface area contributed by atoms with Crippen LogP contribution in [0.1, 0.15) is 0 Å². The number of carboxylic acids is 1. The average molecular weight is 274 g/mol. The normalized spacial score (nSPS) is 11.4. The van der Waals surface area contributed by atoms with Crippen LogP contribution in [0.4, 0.5) is 0 Å². The quantitative estimate of drug-likeness (QED) is 0.587. The molecule has 8 nitrogen and oxygen atoms in total. The van der Waals surface area contributed by atoms with Crippen molar-refractivity contribution in [1.29, 1.82) is 0 Å². The van der Waals surface area contributed by atoms with Gasteiger partial charge in [-0.1, -0.05) is 0 Å². The van der Waals surface area contributed by atoms with Crippen LogP contribution in [0.2, 0.25) is 0 Å². The van der Waals surface area contributed by atoms with Crippen molar-refractivity contribution in [1.82, 2.24) is 9.55 Å². The molecule has 1 aromatic carbocycles. The minimum Gasteiger partial charge on any atom is -0.480 e. The Labute approximate surface area is 108 Å². The maximum Gasteiger partial charge on any atom is 0.323 e. The second-order valence-electron chi connectivity index (χ2n) is 4.32. The molecule has 2 aromatic heterocycles. The van der Waals surface area contributed by atoms with E-state index in [1.54, 1.807) is 0 Å². The second-order valence-corrected chi connectivity index (χ2v) is 4.32. The zero-order valence-electron chi connectivity index (χ0n) is 9.80. The van der Waals surface area contributed by atoms with Gasteiger partial charge in [0.15, 0.2) is 0 Å². The number of aromatic nitrogens is 2. The summed E-state index contributed by atoms with van der Waals surface area (Å²) in [5.74, 6) is -1.33. The third kappa shape index (κ3) is 1.44. The van der Waals surface area contributed by atoms with Gasteiger partial charge in [0.1, 0.15) is 6.54 Å². The first kappa shape index (κ1) is 12.0. The SMILES string of the molecule is O=C(O)Cn1c(=O)c2cc3c(=O)[nH]c(=O)c3cc2c1=O. The van der Waals surface area contributed by atoms with Crippen molar-refractivity contribution in [2.45, 2.75) is 6.54 Å². The number of benzene rings is 1. The van der Waals surface area contributed by atoms with Crippen molar-refractivity contribution in [3.8, 4) is 0 Å². The van der Waals surface area contributed by atoms with Gasteiger partial charge in [-0.25, -0.2) is 0 Å². The lowest BCUT2D eigenvalue weighted by molar-refractivity contribution is -0.137. The predicted molar refractivity (Wildman–Crippen MR) is 68.9 cm³/mol. The number of aromatic amines is 1. The summed E-state index contributed by atoms with van der Waals surface area (Å²) in [5, 5.41) is 8.55. The van der Waals surface area contributed by atoms with E-state index in [2.05, 4.69) is 0 Å². The smallest absolute Gasteiger partial charge is 0.323 e. The first-order valence-electron chi connectivity index (χ1n) is 5.52. The van der Waals surface area contributed by atoms with E-state index in [0.29, 0.717) is 4.57 Å². The zero-order chi connectivity index (χ0) is 14.6. The van der Waals surface area contributed by atoms with Gasteiger partial charge in [-0.15, -0.1) is 0 Å². The molecular formula is C12H6N2O6. The lowest BCUT2D eigenvalue weighted by Gasteiger charge is -1.91. The molecule has 0 aliphatic carbocycles. The minimum atomic E-state index is -1.33. The number of hydrogen-bond acceptors (Lipinski definition) is 5. The molecular weight excluding hydrogens is 268 g/mol. The number of carboxylic acid groups (broad SMARTS) is 1. The van der Waals surface area contributed by atoms with Crippen LogP contribution in [0.3, 0.4) is 0 Å². The Kier molecular flexibility index (Phi) is 2.24. The highest BCUT2D eigenvalue weighted by Crippen LogP contribution is 2.13. The molecule has 0 unspecified atom stereocenters. The molecule has 0 fully saturated rings. The van der Waals surface area contributed by atoms with Crippen LogP contribution >= 0.6 is 0 Å². The Morgan fingerprint density at radius 2 is 1.40 bits per heavy atom. The summed E-state index contributed by atoms with van der Waals surface area (Å²) < 4.78 is 0.560. The van der Waals surface area contributed by atoms with E-state index in [0.717, 1.165) is 12.1 Å². The van der Waals surface area contributed by atoms with Crippen LogP contribution in [-0.2, 0) is 11.3 Å². The van der Waals surface area contributed by atoms with E-state index in [1.165, 1.54) is 0 Å².